The Balaban J connectivity index is 2.13. The zero-order valence-electron chi connectivity index (χ0n) is 13.7. The summed E-state index contributed by atoms with van der Waals surface area (Å²) >= 11 is 1.98. The standard InChI is InChI=1S/C18H29NOS/c1-4-10-19(11-5-2)15-13-16-17(20-14-15)8-7-9-18(16)21-12-6-3/h7-9,15H,4-6,10-14H2,1-3H3. The molecule has 1 aliphatic heterocycles. The summed E-state index contributed by atoms with van der Waals surface area (Å²) in [4.78, 5) is 4.04. The number of fused-ring (bicyclic) bond motifs is 1. The molecule has 1 aliphatic rings. The molecule has 1 atom stereocenters. The zero-order chi connectivity index (χ0) is 15.1. The average Bonchev–Trinajstić information content (AvgIpc) is 2.52. The number of rotatable bonds is 8. The first kappa shape index (κ1) is 16.7. The summed E-state index contributed by atoms with van der Waals surface area (Å²) in [6, 6.07) is 7.06. The van der Waals surface area contributed by atoms with Crippen molar-refractivity contribution < 1.29 is 4.74 Å². The first-order chi connectivity index (χ1) is 10.3. The van der Waals surface area contributed by atoms with Crippen molar-refractivity contribution in [3.05, 3.63) is 23.8 Å². The molecule has 2 nitrogen and oxygen atoms in total. The highest BCUT2D eigenvalue weighted by Gasteiger charge is 2.26. The summed E-state index contributed by atoms with van der Waals surface area (Å²) in [6.07, 6.45) is 4.80. The third-order valence-corrected chi connectivity index (χ3v) is 5.27. The Labute approximate surface area is 134 Å². The fraction of sp³-hybridized carbons (Fsp3) is 0.667. The van der Waals surface area contributed by atoms with Gasteiger partial charge in [0.05, 0.1) is 0 Å². The van der Waals surface area contributed by atoms with Gasteiger partial charge in [-0.3, -0.25) is 4.90 Å². The lowest BCUT2D eigenvalue weighted by molar-refractivity contribution is 0.118. The second-order valence-electron chi connectivity index (χ2n) is 5.79. The van der Waals surface area contributed by atoms with Crippen molar-refractivity contribution in [1.29, 1.82) is 0 Å². The largest absolute Gasteiger partial charge is 0.492 e. The Morgan fingerprint density at radius 1 is 1.14 bits per heavy atom. The molecule has 0 aromatic heterocycles. The summed E-state index contributed by atoms with van der Waals surface area (Å²) in [5.41, 5.74) is 1.43. The van der Waals surface area contributed by atoms with Gasteiger partial charge in [-0.1, -0.05) is 26.8 Å². The SMILES string of the molecule is CCCSc1cccc2c1CC(N(CCC)CCC)CO2. The average molecular weight is 308 g/mol. The Morgan fingerprint density at radius 3 is 2.57 bits per heavy atom. The molecule has 0 aliphatic carbocycles. The zero-order valence-corrected chi connectivity index (χ0v) is 14.5. The van der Waals surface area contributed by atoms with Crippen LogP contribution in [0.1, 0.15) is 45.6 Å². The van der Waals surface area contributed by atoms with Crippen LogP contribution >= 0.6 is 11.8 Å². The number of ether oxygens (including phenoxy) is 1. The van der Waals surface area contributed by atoms with Gasteiger partial charge in [-0.15, -0.1) is 11.8 Å². The minimum Gasteiger partial charge on any atom is -0.492 e. The topological polar surface area (TPSA) is 12.5 Å². The molecule has 0 fully saturated rings. The van der Waals surface area contributed by atoms with E-state index in [1.54, 1.807) is 0 Å². The van der Waals surface area contributed by atoms with Crippen LogP contribution in [0.3, 0.4) is 0 Å². The Bertz CT molecular complexity index is 429. The van der Waals surface area contributed by atoms with Crippen LogP contribution in [-0.4, -0.2) is 36.4 Å². The molecule has 21 heavy (non-hydrogen) atoms. The van der Waals surface area contributed by atoms with Gasteiger partial charge < -0.3 is 4.74 Å². The maximum Gasteiger partial charge on any atom is 0.123 e. The minimum atomic E-state index is 0.542. The minimum absolute atomic E-state index is 0.542. The third kappa shape index (κ3) is 4.40. The van der Waals surface area contributed by atoms with E-state index in [1.165, 1.54) is 48.6 Å². The van der Waals surface area contributed by atoms with Crippen molar-refractivity contribution in [2.24, 2.45) is 0 Å². The molecule has 0 spiro atoms. The van der Waals surface area contributed by atoms with Crippen LogP contribution in [-0.2, 0) is 6.42 Å². The number of benzene rings is 1. The first-order valence-corrected chi connectivity index (χ1v) is 9.40. The molecular weight excluding hydrogens is 278 g/mol. The van der Waals surface area contributed by atoms with Crippen molar-refractivity contribution >= 4 is 11.8 Å². The van der Waals surface area contributed by atoms with E-state index in [9.17, 15) is 0 Å². The molecule has 0 radical (unpaired) electrons. The Hall–Kier alpha value is -0.670. The van der Waals surface area contributed by atoms with Gasteiger partial charge in [-0.25, -0.2) is 0 Å². The smallest absolute Gasteiger partial charge is 0.123 e. The molecule has 1 heterocycles. The Morgan fingerprint density at radius 2 is 1.90 bits per heavy atom. The second kappa shape index (κ2) is 8.70. The lowest BCUT2D eigenvalue weighted by Gasteiger charge is -2.35. The molecule has 0 bridgehead atoms. The van der Waals surface area contributed by atoms with Gasteiger partial charge >= 0.3 is 0 Å². The molecule has 1 aromatic carbocycles. The summed E-state index contributed by atoms with van der Waals surface area (Å²) < 4.78 is 6.08. The fourth-order valence-corrected chi connectivity index (χ4v) is 3.95. The van der Waals surface area contributed by atoms with Crippen molar-refractivity contribution in [3.8, 4) is 5.75 Å². The van der Waals surface area contributed by atoms with E-state index in [2.05, 4.69) is 43.9 Å². The van der Waals surface area contributed by atoms with Gasteiger partial charge in [0, 0.05) is 16.5 Å². The van der Waals surface area contributed by atoms with Crippen LogP contribution in [0.15, 0.2) is 23.1 Å². The normalized spacial score (nSPS) is 17.6. The van der Waals surface area contributed by atoms with Crippen molar-refractivity contribution in [3.63, 3.8) is 0 Å². The summed E-state index contributed by atoms with van der Waals surface area (Å²) in [6.45, 7) is 9.98. The number of nitrogens with zero attached hydrogens (tertiary/aromatic N) is 1. The molecule has 0 saturated heterocycles. The molecule has 2 rings (SSSR count). The van der Waals surface area contributed by atoms with Gasteiger partial charge in [-0.05, 0) is 56.7 Å². The summed E-state index contributed by atoms with van der Waals surface area (Å²) in [7, 11) is 0. The third-order valence-electron chi connectivity index (χ3n) is 3.96. The number of thioether (sulfide) groups is 1. The van der Waals surface area contributed by atoms with E-state index in [4.69, 9.17) is 4.74 Å². The van der Waals surface area contributed by atoms with Crippen LogP contribution in [0.25, 0.3) is 0 Å². The number of hydrogen-bond acceptors (Lipinski definition) is 3. The maximum atomic E-state index is 6.08. The van der Waals surface area contributed by atoms with Crippen LogP contribution < -0.4 is 4.74 Å². The lowest BCUT2D eigenvalue weighted by Crippen LogP contribution is -2.44. The van der Waals surface area contributed by atoms with E-state index < -0.39 is 0 Å². The van der Waals surface area contributed by atoms with E-state index in [0.29, 0.717) is 6.04 Å². The first-order valence-electron chi connectivity index (χ1n) is 8.41. The van der Waals surface area contributed by atoms with E-state index in [0.717, 1.165) is 18.8 Å². The molecule has 1 unspecified atom stereocenters. The van der Waals surface area contributed by atoms with Crippen LogP contribution in [0.4, 0.5) is 0 Å². The molecule has 0 amide bonds. The van der Waals surface area contributed by atoms with Gasteiger partial charge in [0.2, 0.25) is 0 Å². The second-order valence-corrected chi connectivity index (χ2v) is 6.92. The predicted molar refractivity (Wildman–Crippen MR) is 92.6 cm³/mol. The molecule has 0 N–H and O–H groups in total. The maximum absolute atomic E-state index is 6.08. The van der Waals surface area contributed by atoms with Gasteiger partial charge in [0.25, 0.3) is 0 Å². The van der Waals surface area contributed by atoms with Crippen LogP contribution in [0.2, 0.25) is 0 Å². The van der Waals surface area contributed by atoms with Crippen LogP contribution in [0, 0.1) is 0 Å². The van der Waals surface area contributed by atoms with Gasteiger partial charge in [0.1, 0.15) is 12.4 Å². The highest BCUT2D eigenvalue weighted by atomic mass is 32.2. The van der Waals surface area contributed by atoms with E-state index in [-0.39, 0.29) is 0 Å². The summed E-state index contributed by atoms with van der Waals surface area (Å²) in [5.74, 6) is 2.30. The van der Waals surface area contributed by atoms with Gasteiger partial charge in [-0.2, -0.15) is 0 Å². The van der Waals surface area contributed by atoms with Crippen LogP contribution in [0.5, 0.6) is 5.75 Å². The molecular formula is C18H29NOS. The lowest BCUT2D eigenvalue weighted by atomic mass is 10.0. The van der Waals surface area contributed by atoms with E-state index >= 15 is 0 Å². The molecule has 0 saturated carbocycles. The van der Waals surface area contributed by atoms with Crippen molar-refractivity contribution in [2.75, 3.05) is 25.4 Å². The summed E-state index contributed by atoms with van der Waals surface area (Å²) in [5, 5.41) is 0. The predicted octanol–water partition coefficient (Wildman–Crippen LogP) is 4.61. The Kier molecular flexibility index (Phi) is 6.91. The molecule has 118 valence electrons. The van der Waals surface area contributed by atoms with Crippen molar-refractivity contribution in [2.45, 2.75) is 57.4 Å². The number of hydrogen-bond donors (Lipinski definition) is 0. The van der Waals surface area contributed by atoms with E-state index in [1.807, 2.05) is 11.8 Å². The molecule has 1 aromatic rings. The van der Waals surface area contributed by atoms with Crippen molar-refractivity contribution in [1.82, 2.24) is 4.90 Å². The monoisotopic (exact) mass is 307 g/mol. The highest BCUT2D eigenvalue weighted by molar-refractivity contribution is 7.99. The van der Waals surface area contributed by atoms with Gasteiger partial charge in [0.15, 0.2) is 0 Å². The quantitative estimate of drug-likeness (QED) is 0.651. The fourth-order valence-electron chi connectivity index (χ4n) is 3.00. The highest BCUT2D eigenvalue weighted by Crippen LogP contribution is 2.35. The molecule has 3 heteroatoms.